The van der Waals surface area contributed by atoms with Crippen LogP contribution in [-0.2, 0) is 11.5 Å². The van der Waals surface area contributed by atoms with Crippen molar-refractivity contribution in [3.05, 3.63) is 23.5 Å². The van der Waals surface area contributed by atoms with E-state index in [9.17, 15) is 0 Å². The summed E-state index contributed by atoms with van der Waals surface area (Å²) in [5, 5.41) is 0.770. The molecule has 0 bridgehead atoms. The van der Waals surface area contributed by atoms with Crippen LogP contribution in [0.25, 0.3) is 0 Å². The largest absolute Gasteiger partial charge is 0.361 e. The first-order valence-electron chi connectivity index (χ1n) is 9.36. The van der Waals surface area contributed by atoms with E-state index in [1.807, 2.05) is 23.0 Å². The maximum atomic E-state index is 5.85. The van der Waals surface area contributed by atoms with Crippen molar-refractivity contribution in [2.75, 3.05) is 6.61 Å². The van der Waals surface area contributed by atoms with Gasteiger partial charge in [-0.25, -0.2) is 0 Å². The molecule has 0 aliphatic heterocycles. The summed E-state index contributed by atoms with van der Waals surface area (Å²) >= 11 is 5.85. The molecule has 134 valence electrons. The minimum atomic E-state index is 0.510. The zero-order chi connectivity index (χ0) is 17.0. The summed E-state index contributed by atoms with van der Waals surface area (Å²) in [5.74, 6) is 0. The maximum absolute atomic E-state index is 5.85. The lowest BCUT2D eigenvalue weighted by Gasteiger charge is -2.17. The van der Waals surface area contributed by atoms with Crippen LogP contribution in [0.5, 0.6) is 0 Å². The molecule has 0 atom stereocenters. The second kappa shape index (κ2) is 12.0. The van der Waals surface area contributed by atoms with E-state index in [4.69, 9.17) is 16.3 Å². The lowest BCUT2D eigenvalue weighted by atomic mass is 9.89. The number of hydrogen-bond acceptors (Lipinski definition) is 1. The van der Waals surface area contributed by atoms with Gasteiger partial charge in [0.2, 0.25) is 0 Å². The molecule has 2 nitrogen and oxygen atoms in total. The van der Waals surface area contributed by atoms with Crippen molar-refractivity contribution in [1.82, 2.24) is 4.57 Å². The van der Waals surface area contributed by atoms with Crippen LogP contribution in [0.3, 0.4) is 0 Å². The molecule has 0 amide bonds. The number of hydrogen-bond donors (Lipinski definition) is 0. The van der Waals surface area contributed by atoms with Gasteiger partial charge in [0, 0.05) is 19.0 Å². The molecule has 1 heterocycles. The summed E-state index contributed by atoms with van der Waals surface area (Å²) in [7, 11) is 0. The number of aromatic nitrogens is 1. The van der Waals surface area contributed by atoms with E-state index in [1.165, 1.54) is 64.2 Å². The van der Waals surface area contributed by atoms with Gasteiger partial charge < -0.3 is 9.30 Å². The van der Waals surface area contributed by atoms with Gasteiger partial charge in [-0.05, 0) is 24.3 Å². The molecule has 0 fully saturated rings. The molecule has 0 aliphatic carbocycles. The second-order valence-corrected chi connectivity index (χ2v) is 8.31. The average molecular weight is 342 g/mol. The smallest absolute Gasteiger partial charge is 0.122 e. The predicted octanol–water partition coefficient (Wildman–Crippen LogP) is 7.06. The van der Waals surface area contributed by atoms with Gasteiger partial charge in [-0.1, -0.05) is 83.7 Å². The highest BCUT2D eigenvalue weighted by Gasteiger charge is 2.08. The Morgan fingerprint density at radius 3 is 2.00 bits per heavy atom. The van der Waals surface area contributed by atoms with Crippen molar-refractivity contribution in [3.63, 3.8) is 0 Å². The Morgan fingerprint density at radius 2 is 1.48 bits per heavy atom. The van der Waals surface area contributed by atoms with Gasteiger partial charge in [0.15, 0.2) is 0 Å². The Kier molecular flexibility index (Phi) is 10.7. The van der Waals surface area contributed by atoms with E-state index in [-0.39, 0.29) is 0 Å². The van der Waals surface area contributed by atoms with Gasteiger partial charge in [0.1, 0.15) is 6.73 Å². The molecule has 0 saturated heterocycles. The Labute approximate surface area is 148 Å². The summed E-state index contributed by atoms with van der Waals surface area (Å²) in [5.41, 5.74) is 0.510. The number of nitrogens with zero attached hydrogens (tertiary/aromatic N) is 1. The van der Waals surface area contributed by atoms with Crippen molar-refractivity contribution in [2.24, 2.45) is 5.41 Å². The maximum Gasteiger partial charge on any atom is 0.122 e. The van der Waals surface area contributed by atoms with Gasteiger partial charge in [0.05, 0.1) is 5.02 Å². The number of rotatable bonds is 13. The lowest BCUT2D eigenvalue weighted by molar-refractivity contribution is 0.0741. The summed E-state index contributed by atoms with van der Waals surface area (Å²) in [6.07, 6.45) is 17.4. The fraction of sp³-hybridized carbons (Fsp3) is 0.800. The first-order chi connectivity index (χ1) is 11.0. The van der Waals surface area contributed by atoms with Crippen LogP contribution in [-0.4, -0.2) is 11.2 Å². The minimum Gasteiger partial charge on any atom is -0.361 e. The quantitative estimate of drug-likeness (QED) is 0.350. The molecule has 1 rings (SSSR count). The fourth-order valence-corrected chi connectivity index (χ4v) is 2.94. The minimum absolute atomic E-state index is 0.510. The van der Waals surface area contributed by atoms with Crippen LogP contribution < -0.4 is 0 Å². The standard InChI is InChI=1S/C20H36ClNO/c1-20(2,3)14-11-9-7-5-4-6-8-10-12-16-23-18-22-15-13-19(21)17-22/h13,15,17H,4-12,14,16,18H2,1-3H3. The number of ether oxygens (including phenoxy) is 1. The summed E-state index contributed by atoms with van der Waals surface area (Å²) < 4.78 is 7.61. The van der Waals surface area contributed by atoms with Crippen LogP contribution >= 0.6 is 11.6 Å². The van der Waals surface area contributed by atoms with Gasteiger partial charge in [-0.3, -0.25) is 0 Å². The van der Waals surface area contributed by atoms with Gasteiger partial charge in [-0.2, -0.15) is 0 Å². The van der Waals surface area contributed by atoms with E-state index in [0.717, 1.165) is 11.6 Å². The third-order valence-corrected chi connectivity index (χ3v) is 4.39. The van der Waals surface area contributed by atoms with Crippen LogP contribution in [0.2, 0.25) is 5.02 Å². The predicted molar refractivity (Wildman–Crippen MR) is 101 cm³/mol. The normalized spacial score (nSPS) is 12.0. The molecule has 0 aromatic carbocycles. The summed E-state index contributed by atoms with van der Waals surface area (Å²) in [6, 6.07) is 1.88. The Hall–Kier alpha value is -0.470. The fourth-order valence-electron chi connectivity index (χ4n) is 2.76. The highest BCUT2D eigenvalue weighted by molar-refractivity contribution is 6.30. The number of unbranched alkanes of at least 4 members (excludes halogenated alkanes) is 8. The molecule has 0 radical (unpaired) electrons. The molecule has 1 aromatic heterocycles. The molecule has 1 aromatic rings. The number of halogens is 1. The molecule has 0 aliphatic rings. The zero-order valence-corrected chi connectivity index (χ0v) is 16.2. The van der Waals surface area contributed by atoms with Crippen molar-refractivity contribution in [2.45, 2.75) is 91.7 Å². The van der Waals surface area contributed by atoms with E-state index in [0.29, 0.717) is 12.1 Å². The summed E-state index contributed by atoms with van der Waals surface area (Å²) in [6.45, 7) is 8.48. The van der Waals surface area contributed by atoms with Crippen LogP contribution in [0.1, 0.15) is 85.0 Å². The van der Waals surface area contributed by atoms with E-state index < -0.39 is 0 Å². The van der Waals surface area contributed by atoms with Gasteiger partial charge in [-0.15, -0.1) is 0 Å². The highest BCUT2D eigenvalue weighted by atomic mass is 35.5. The second-order valence-electron chi connectivity index (χ2n) is 7.87. The Balaban J connectivity index is 1.76. The molecular formula is C20H36ClNO. The van der Waals surface area contributed by atoms with Crippen LogP contribution in [0, 0.1) is 5.41 Å². The third kappa shape index (κ3) is 12.6. The van der Waals surface area contributed by atoms with Crippen molar-refractivity contribution >= 4 is 11.6 Å². The highest BCUT2D eigenvalue weighted by Crippen LogP contribution is 2.22. The third-order valence-electron chi connectivity index (χ3n) is 4.17. The van der Waals surface area contributed by atoms with Gasteiger partial charge >= 0.3 is 0 Å². The van der Waals surface area contributed by atoms with E-state index in [1.54, 1.807) is 0 Å². The Bertz CT molecular complexity index is 395. The molecule has 23 heavy (non-hydrogen) atoms. The first kappa shape index (κ1) is 20.6. The molecule has 0 saturated carbocycles. The van der Waals surface area contributed by atoms with E-state index in [2.05, 4.69) is 20.8 Å². The van der Waals surface area contributed by atoms with Crippen LogP contribution in [0.15, 0.2) is 18.5 Å². The molecule has 0 N–H and O–H groups in total. The van der Waals surface area contributed by atoms with Crippen molar-refractivity contribution in [3.8, 4) is 0 Å². The summed E-state index contributed by atoms with van der Waals surface area (Å²) in [4.78, 5) is 0. The average Bonchev–Trinajstić information content (AvgIpc) is 2.88. The molecule has 0 unspecified atom stereocenters. The molecule has 3 heteroatoms. The van der Waals surface area contributed by atoms with Crippen LogP contribution in [0.4, 0.5) is 0 Å². The van der Waals surface area contributed by atoms with Crippen molar-refractivity contribution in [1.29, 1.82) is 0 Å². The Morgan fingerprint density at radius 1 is 0.913 bits per heavy atom. The van der Waals surface area contributed by atoms with E-state index >= 15 is 0 Å². The topological polar surface area (TPSA) is 14.2 Å². The zero-order valence-electron chi connectivity index (χ0n) is 15.5. The monoisotopic (exact) mass is 341 g/mol. The SMILES string of the molecule is CC(C)(C)CCCCCCCCCCCOCn1ccc(Cl)c1. The first-order valence-corrected chi connectivity index (χ1v) is 9.74. The molecular weight excluding hydrogens is 306 g/mol. The lowest BCUT2D eigenvalue weighted by Crippen LogP contribution is -2.03. The molecule has 0 spiro atoms. The van der Waals surface area contributed by atoms with Gasteiger partial charge in [0.25, 0.3) is 0 Å². The van der Waals surface area contributed by atoms with Crippen molar-refractivity contribution < 1.29 is 4.74 Å².